The van der Waals surface area contributed by atoms with Crippen LogP contribution in [-0.4, -0.2) is 49.8 Å². The predicted octanol–water partition coefficient (Wildman–Crippen LogP) is 8.04. The lowest BCUT2D eigenvalue weighted by molar-refractivity contribution is 0.0942. The summed E-state index contributed by atoms with van der Waals surface area (Å²) in [5, 5.41) is 1.35. The number of rotatable bonds is 13. The molecule has 2 aromatic rings. The van der Waals surface area contributed by atoms with Crippen LogP contribution in [0.2, 0.25) is 0 Å². The summed E-state index contributed by atoms with van der Waals surface area (Å²) >= 11 is 0. The van der Waals surface area contributed by atoms with Crippen molar-refractivity contribution in [2.75, 3.05) is 40.0 Å². The largest absolute Gasteiger partial charge is 0.501 e. The van der Waals surface area contributed by atoms with Gasteiger partial charge in [0.15, 0.2) is 0 Å². The maximum atomic E-state index is 5.78. The number of benzene rings is 1. The zero-order valence-corrected chi connectivity index (χ0v) is 23.5. The van der Waals surface area contributed by atoms with Crippen LogP contribution in [0.4, 0.5) is 0 Å². The first kappa shape index (κ1) is 28.3. The van der Waals surface area contributed by atoms with Crippen molar-refractivity contribution in [1.29, 1.82) is 0 Å². The molecule has 0 spiro atoms. The second-order valence-electron chi connectivity index (χ2n) is 10.5. The molecule has 1 fully saturated rings. The fourth-order valence-corrected chi connectivity index (χ4v) is 5.33. The lowest BCUT2D eigenvalue weighted by Crippen LogP contribution is -2.35. The van der Waals surface area contributed by atoms with E-state index in [9.17, 15) is 0 Å². The Kier molecular flexibility index (Phi) is 10.9. The van der Waals surface area contributed by atoms with Crippen molar-refractivity contribution in [3.05, 3.63) is 65.6 Å². The standard InChI is InChI=1S/C32H48N2O2/c1-8-11-27(22-30(35-7)24(6)10-3)32-31(23(4)5)28-21-26(12-13-29(28)33-32)25-14-16-34(17-15-25)18-20-36-19-9-2/h8,11-13,21-25,33H,1,9-10,14-20H2,2-7H3/b27-11+,30-22+. The van der Waals surface area contributed by atoms with Gasteiger partial charge < -0.3 is 19.4 Å². The molecular formula is C32H48N2O2. The van der Waals surface area contributed by atoms with Gasteiger partial charge in [-0.25, -0.2) is 0 Å². The van der Waals surface area contributed by atoms with Crippen LogP contribution in [0.25, 0.3) is 16.5 Å². The zero-order valence-electron chi connectivity index (χ0n) is 23.5. The van der Waals surface area contributed by atoms with Crippen LogP contribution < -0.4 is 0 Å². The molecule has 1 N–H and O–H groups in total. The monoisotopic (exact) mass is 492 g/mol. The van der Waals surface area contributed by atoms with Gasteiger partial charge >= 0.3 is 0 Å². The average Bonchev–Trinajstić information content (AvgIpc) is 3.28. The van der Waals surface area contributed by atoms with Gasteiger partial charge in [-0.15, -0.1) is 0 Å². The van der Waals surface area contributed by atoms with Crippen LogP contribution in [0.15, 0.2) is 48.8 Å². The molecule has 3 rings (SSSR count). The smallest absolute Gasteiger partial charge is 0.0990 e. The van der Waals surface area contributed by atoms with Crippen LogP contribution in [0.3, 0.4) is 0 Å². The highest BCUT2D eigenvalue weighted by Gasteiger charge is 2.23. The summed E-state index contributed by atoms with van der Waals surface area (Å²) in [4.78, 5) is 6.31. The van der Waals surface area contributed by atoms with Crippen LogP contribution in [0.5, 0.6) is 0 Å². The first-order chi connectivity index (χ1) is 17.4. The van der Waals surface area contributed by atoms with Crippen molar-refractivity contribution < 1.29 is 9.47 Å². The third-order valence-corrected chi connectivity index (χ3v) is 7.62. The highest BCUT2D eigenvalue weighted by molar-refractivity contribution is 5.92. The number of allylic oxidation sites excluding steroid dienone is 5. The van der Waals surface area contributed by atoms with E-state index in [2.05, 4.69) is 81.4 Å². The Bertz CT molecular complexity index is 1040. The molecule has 1 aromatic carbocycles. The number of hydrogen-bond donors (Lipinski definition) is 1. The third-order valence-electron chi connectivity index (χ3n) is 7.62. The van der Waals surface area contributed by atoms with Crippen molar-refractivity contribution in [2.24, 2.45) is 5.92 Å². The minimum atomic E-state index is 0.366. The summed E-state index contributed by atoms with van der Waals surface area (Å²) in [5.41, 5.74) is 6.35. The normalized spacial score (nSPS) is 17.2. The quantitative estimate of drug-likeness (QED) is 0.175. The highest BCUT2D eigenvalue weighted by Crippen LogP contribution is 2.37. The van der Waals surface area contributed by atoms with Gasteiger partial charge in [0.1, 0.15) is 0 Å². The summed E-state index contributed by atoms with van der Waals surface area (Å²) in [5.74, 6) is 2.39. The Hall–Kier alpha value is -2.30. The van der Waals surface area contributed by atoms with Gasteiger partial charge in [0.25, 0.3) is 0 Å². The molecule has 1 unspecified atom stereocenters. The molecule has 198 valence electrons. The molecule has 0 radical (unpaired) electrons. The summed E-state index contributed by atoms with van der Waals surface area (Å²) in [6.07, 6.45) is 10.7. The van der Waals surface area contributed by atoms with E-state index >= 15 is 0 Å². The number of aromatic nitrogens is 1. The number of hydrogen-bond acceptors (Lipinski definition) is 3. The lowest BCUT2D eigenvalue weighted by atomic mass is 9.87. The van der Waals surface area contributed by atoms with Crippen molar-refractivity contribution in [1.82, 2.24) is 9.88 Å². The second kappa shape index (κ2) is 13.9. The van der Waals surface area contributed by atoms with Gasteiger partial charge in [-0.3, -0.25) is 0 Å². The number of fused-ring (bicyclic) bond motifs is 1. The first-order valence-electron chi connectivity index (χ1n) is 14.0. The fourth-order valence-electron chi connectivity index (χ4n) is 5.33. The van der Waals surface area contributed by atoms with E-state index in [1.165, 1.54) is 40.6 Å². The minimum absolute atomic E-state index is 0.366. The summed E-state index contributed by atoms with van der Waals surface area (Å²) in [7, 11) is 1.77. The fraction of sp³-hybridized carbons (Fsp3) is 0.562. The second-order valence-corrected chi connectivity index (χ2v) is 10.5. The molecule has 1 atom stereocenters. The molecule has 0 bridgehead atoms. The Morgan fingerprint density at radius 2 is 1.92 bits per heavy atom. The maximum absolute atomic E-state index is 5.78. The van der Waals surface area contributed by atoms with Gasteiger partial charge in [0.2, 0.25) is 0 Å². The van der Waals surface area contributed by atoms with Gasteiger partial charge in [-0.1, -0.05) is 59.4 Å². The number of nitrogens with one attached hydrogen (secondary N) is 1. The summed E-state index contributed by atoms with van der Waals surface area (Å²) in [6.45, 7) is 20.2. The molecule has 1 aliphatic rings. The van der Waals surface area contributed by atoms with E-state index in [0.29, 0.717) is 17.8 Å². The van der Waals surface area contributed by atoms with Crippen LogP contribution in [0, 0.1) is 5.92 Å². The van der Waals surface area contributed by atoms with Crippen LogP contribution in [0.1, 0.15) is 89.0 Å². The van der Waals surface area contributed by atoms with Gasteiger partial charge in [0, 0.05) is 35.5 Å². The van der Waals surface area contributed by atoms with Crippen LogP contribution >= 0.6 is 0 Å². The Morgan fingerprint density at radius 3 is 2.53 bits per heavy atom. The summed E-state index contributed by atoms with van der Waals surface area (Å²) < 4.78 is 11.5. The lowest BCUT2D eigenvalue weighted by Gasteiger charge is -2.32. The van der Waals surface area contributed by atoms with Gasteiger partial charge in [-0.05, 0) is 79.9 Å². The van der Waals surface area contributed by atoms with Crippen molar-refractivity contribution in [3.63, 3.8) is 0 Å². The van der Waals surface area contributed by atoms with E-state index in [1.54, 1.807) is 7.11 Å². The van der Waals surface area contributed by atoms with E-state index in [-0.39, 0.29) is 0 Å². The Labute approximate surface area is 219 Å². The van der Waals surface area contributed by atoms with Crippen LogP contribution in [-0.2, 0) is 9.47 Å². The maximum Gasteiger partial charge on any atom is 0.0990 e. The topological polar surface area (TPSA) is 37.5 Å². The van der Waals surface area contributed by atoms with E-state index in [1.807, 2.05) is 6.08 Å². The first-order valence-corrected chi connectivity index (χ1v) is 14.0. The van der Waals surface area contributed by atoms with Gasteiger partial charge in [-0.2, -0.15) is 0 Å². The highest BCUT2D eigenvalue weighted by atomic mass is 16.5. The Morgan fingerprint density at radius 1 is 1.17 bits per heavy atom. The number of nitrogens with zero attached hydrogens (tertiary/aromatic N) is 1. The molecule has 1 saturated heterocycles. The van der Waals surface area contributed by atoms with E-state index in [4.69, 9.17) is 9.47 Å². The van der Waals surface area contributed by atoms with Crippen molar-refractivity contribution in [2.45, 2.75) is 72.1 Å². The molecule has 1 aliphatic heterocycles. The third kappa shape index (κ3) is 6.92. The van der Waals surface area contributed by atoms with E-state index < -0.39 is 0 Å². The van der Waals surface area contributed by atoms with Crippen molar-refractivity contribution >= 4 is 16.5 Å². The molecule has 36 heavy (non-hydrogen) atoms. The molecule has 0 saturated carbocycles. The molecular weight excluding hydrogens is 444 g/mol. The molecule has 2 heterocycles. The van der Waals surface area contributed by atoms with E-state index in [0.717, 1.165) is 57.0 Å². The minimum Gasteiger partial charge on any atom is -0.501 e. The number of aromatic amines is 1. The van der Waals surface area contributed by atoms with Crippen molar-refractivity contribution in [3.8, 4) is 0 Å². The number of likely N-dealkylation sites (tertiary alicyclic amines) is 1. The molecule has 4 heteroatoms. The average molecular weight is 493 g/mol. The number of H-pyrrole nitrogens is 1. The number of ether oxygens (including phenoxy) is 2. The zero-order chi connectivity index (χ0) is 26.1. The summed E-state index contributed by atoms with van der Waals surface area (Å²) in [6, 6.07) is 7.08. The molecule has 1 aromatic heterocycles. The number of piperidine rings is 1. The SMILES string of the molecule is C=C/C=C(\C=C(\OC)C(C)CC)c1[nH]c2ccc(C3CCN(CCOCCC)CC3)cc2c1C(C)C. The Balaban J connectivity index is 1.88. The molecule has 0 amide bonds. The number of methoxy groups -OCH3 is 1. The van der Waals surface area contributed by atoms with Gasteiger partial charge in [0.05, 0.1) is 25.2 Å². The molecule has 4 nitrogen and oxygen atoms in total. The molecule has 0 aliphatic carbocycles. The predicted molar refractivity (Wildman–Crippen MR) is 155 cm³/mol.